The maximum Gasteiger partial charge on any atom is 0.355 e. The van der Waals surface area contributed by atoms with Crippen LogP contribution in [-0.2, 0) is 11.2 Å². The number of hydrogen-bond donors (Lipinski definition) is 1. The van der Waals surface area contributed by atoms with Crippen LogP contribution in [0.25, 0.3) is 0 Å². The number of nitrogens with zero attached hydrogens (tertiary/aromatic N) is 2. The van der Waals surface area contributed by atoms with Gasteiger partial charge in [-0.05, 0) is 39.7 Å². The number of Topliss-reactive ketones (excluding diaryl/α,β-unsaturated/α-hetero) is 1. The molecule has 0 aliphatic rings. The zero-order valence-electron chi connectivity index (χ0n) is 14.0. The van der Waals surface area contributed by atoms with E-state index in [1.165, 1.54) is 6.92 Å². The van der Waals surface area contributed by atoms with E-state index in [1.807, 2.05) is 6.92 Å². The van der Waals surface area contributed by atoms with E-state index >= 15 is 0 Å². The first-order chi connectivity index (χ1) is 10.8. The van der Waals surface area contributed by atoms with E-state index in [2.05, 4.69) is 15.1 Å². The molecular formula is C16H21N3O4. The average molecular weight is 319 g/mol. The van der Waals surface area contributed by atoms with E-state index in [4.69, 9.17) is 9.26 Å². The normalized spacial score (nSPS) is 12.2. The summed E-state index contributed by atoms with van der Waals surface area (Å²) in [5, 5.41) is 3.84. The van der Waals surface area contributed by atoms with Crippen LogP contribution in [0.1, 0.15) is 77.1 Å². The summed E-state index contributed by atoms with van der Waals surface area (Å²) in [6.07, 6.45) is 0.951. The fraction of sp³-hybridized carbons (Fsp3) is 0.500. The Hall–Kier alpha value is -2.44. The van der Waals surface area contributed by atoms with Crippen molar-refractivity contribution in [1.29, 1.82) is 0 Å². The molecule has 2 aromatic rings. The molecule has 0 aliphatic heterocycles. The van der Waals surface area contributed by atoms with E-state index in [9.17, 15) is 9.59 Å². The number of nitrogens with one attached hydrogen (secondary N) is 1. The van der Waals surface area contributed by atoms with Gasteiger partial charge in [-0.15, -0.1) is 0 Å². The second-order valence-corrected chi connectivity index (χ2v) is 5.53. The first-order valence-corrected chi connectivity index (χ1v) is 7.58. The second-order valence-electron chi connectivity index (χ2n) is 5.53. The highest BCUT2D eigenvalue weighted by Gasteiger charge is 2.24. The highest BCUT2D eigenvalue weighted by Crippen LogP contribution is 2.22. The minimum atomic E-state index is -0.663. The first kappa shape index (κ1) is 16.9. The zero-order valence-corrected chi connectivity index (χ0v) is 14.0. The number of ketones is 1. The van der Waals surface area contributed by atoms with Crippen molar-refractivity contribution in [2.75, 3.05) is 0 Å². The molecule has 0 spiro atoms. The maximum absolute atomic E-state index is 12.3. The largest absolute Gasteiger partial charge is 0.448 e. The fourth-order valence-electron chi connectivity index (χ4n) is 2.51. The van der Waals surface area contributed by atoms with Crippen LogP contribution in [0.5, 0.6) is 0 Å². The molecule has 23 heavy (non-hydrogen) atoms. The van der Waals surface area contributed by atoms with Crippen LogP contribution < -0.4 is 0 Å². The molecular weight excluding hydrogens is 298 g/mol. The third-order valence-corrected chi connectivity index (χ3v) is 3.58. The van der Waals surface area contributed by atoms with Gasteiger partial charge in [0, 0.05) is 17.7 Å². The molecule has 1 N–H and O–H groups in total. The lowest BCUT2D eigenvalue weighted by Crippen LogP contribution is -2.11. The van der Waals surface area contributed by atoms with Crippen molar-refractivity contribution in [3.8, 4) is 0 Å². The van der Waals surface area contributed by atoms with Gasteiger partial charge in [0.15, 0.2) is 17.7 Å². The van der Waals surface area contributed by atoms with Crippen LogP contribution in [0.15, 0.2) is 4.52 Å². The van der Waals surface area contributed by atoms with Crippen LogP contribution in [-0.4, -0.2) is 26.9 Å². The van der Waals surface area contributed by atoms with Crippen LogP contribution in [0.2, 0.25) is 0 Å². The third-order valence-electron chi connectivity index (χ3n) is 3.58. The third kappa shape index (κ3) is 3.49. The van der Waals surface area contributed by atoms with E-state index < -0.39 is 12.1 Å². The number of rotatable bonds is 6. The number of carbonyl (C=O) groups is 2. The molecule has 0 bridgehead atoms. The van der Waals surface area contributed by atoms with Crippen molar-refractivity contribution in [2.45, 2.75) is 53.6 Å². The molecule has 0 radical (unpaired) electrons. The van der Waals surface area contributed by atoms with Gasteiger partial charge in [-0.1, -0.05) is 12.1 Å². The molecule has 2 heterocycles. The Morgan fingerprint density at radius 2 is 2.04 bits per heavy atom. The van der Waals surface area contributed by atoms with Gasteiger partial charge in [0.2, 0.25) is 0 Å². The van der Waals surface area contributed by atoms with Gasteiger partial charge in [-0.2, -0.15) is 4.98 Å². The van der Waals surface area contributed by atoms with E-state index in [0.29, 0.717) is 29.1 Å². The van der Waals surface area contributed by atoms with E-state index in [0.717, 1.165) is 6.42 Å². The van der Waals surface area contributed by atoms with Crippen molar-refractivity contribution in [3.05, 3.63) is 34.2 Å². The van der Waals surface area contributed by atoms with Crippen molar-refractivity contribution >= 4 is 11.8 Å². The molecule has 1 unspecified atom stereocenters. The number of H-pyrrole nitrogens is 1. The molecule has 2 rings (SSSR count). The predicted molar refractivity (Wildman–Crippen MR) is 82.4 cm³/mol. The summed E-state index contributed by atoms with van der Waals surface area (Å²) in [7, 11) is 0. The minimum Gasteiger partial charge on any atom is -0.448 e. The summed E-state index contributed by atoms with van der Waals surface area (Å²) in [4.78, 5) is 31.1. The molecule has 2 aromatic heterocycles. The number of carbonyl (C=O) groups excluding carboxylic acids is 2. The average Bonchev–Trinajstić information content (AvgIpc) is 3.04. The molecule has 0 saturated carbocycles. The molecule has 7 heteroatoms. The summed E-state index contributed by atoms with van der Waals surface area (Å²) in [5.41, 5.74) is 2.03. The minimum absolute atomic E-state index is 0.0931. The maximum atomic E-state index is 12.3. The van der Waals surface area contributed by atoms with Crippen LogP contribution in [0.4, 0.5) is 0 Å². The lowest BCUT2D eigenvalue weighted by atomic mass is 10.1. The van der Waals surface area contributed by atoms with Crippen molar-refractivity contribution in [3.63, 3.8) is 0 Å². The lowest BCUT2D eigenvalue weighted by molar-refractivity contribution is 0.0258. The molecule has 0 aromatic carbocycles. The Labute approximate surface area is 134 Å². The van der Waals surface area contributed by atoms with E-state index in [-0.39, 0.29) is 17.4 Å². The molecule has 0 saturated heterocycles. The Bertz CT molecular complexity index is 730. The lowest BCUT2D eigenvalue weighted by Gasteiger charge is -2.08. The second kappa shape index (κ2) is 6.76. The zero-order chi connectivity index (χ0) is 17.1. The topological polar surface area (TPSA) is 98.1 Å². The van der Waals surface area contributed by atoms with Gasteiger partial charge >= 0.3 is 5.97 Å². The molecule has 124 valence electrons. The van der Waals surface area contributed by atoms with E-state index in [1.54, 1.807) is 20.8 Å². The van der Waals surface area contributed by atoms with Gasteiger partial charge in [-0.3, -0.25) is 4.79 Å². The number of aryl methyl sites for hydroxylation is 2. The molecule has 0 fully saturated rings. The Morgan fingerprint density at radius 3 is 2.61 bits per heavy atom. The van der Waals surface area contributed by atoms with Gasteiger partial charge < -0.3 is 14.2 Å². The number of ether oxygens (including phenoxy) is 1. The van der Waals surface area contributed by atoms with Gasteiger partial charge in [-0.25, -0.2) is 4.79 Å². The highest BCUT2D eigenvalue weighted by molar-refractivity contribution is 6.01. The number of esters is 1. The predicted octanol–water partition coefficient (Wildman–Crippen LogP) is 3.09. The van der Waals surface area contributed by atoms with Crippen LogP contribution >= 0.6 is 0 Å². The van der Waals surface area contributed by atoms with Crippen molar-refractivity contribution in [2.24, 2.45) is 0 Å². The van der Waals surface area contributed by atoms with Crippen molar-refractivity contribution < 1.29 is 18.8 Å². The molecule has 1 atom stereocenters. The Balaban J connectivity index is 2.15. The quantitative estimate of drug-likeness (QED) is 0.649. The summed E-state index contributed by atoms with van der Waals surface area (Å²) in [5.74, 6) is 0.205. The molecule has 0 aliphatic carbocycles. The van der Waals surface area contributed by atoms with Gasteiger partial charge in [0.25, 0.3) is 5.89 Å². The van der Waals surface area contributed by atoms with Crippen LogP contribution in [0.3, 0.4) is 0 Å². The van der Waals surface area contributed by atoms with Gasteiger partial charge in [0.05, 0.1) is 0 Å². The Kier molecular flexibility index (Phi) is 4.98. The van der Waals surface area contributed by atoms with Gasteiger partial charge in [0.1, 0.15) is 5.69 Å². The highest BCUT2D eigenvalue weighted by atomic mass is 16.6. The summed E-state index contributed by atoms with van der Waals surface area (Å²) >= 11 is 0. The molecule has 7 nitrogen and oxygen atoms in total. The number of hydrogen-bond acceptors (Lipinski definition) is 6. The number of aromatic amines is 1. The SMILES string of the molecule is CCCc1noc(C(C)OC(=O)c2[nH]c(C)c(C(C)=O)c2C)n1. The smallest absolute Gasteiger partial charge is 0.355 e. The fourth-order valence-corrected chi connectivity index (χ4v) is 2.51. The summed E-state index contributed by atoms with van der Waals surface area (Å²) in [6, 6.07) is 0. The first-order valence-electron chi connectivity index (χ1n) is 7.58. The summed E-state index contributed by atoms with van der Waals surface area (Å²) in [6.45, 7) is 8.61. The standard InChI is InChI=1S/C16H21N3O4/c1-6-7-12-18-15(23-19-12)11(5)22-16(21)14-8(2)13(10(4)20)9(3)17-14/h11,17H,6-7H2,1-5H3. The monoisotopic (exact) mass is 319 g/mol. The molecule has 0 amide bonds. The summed E-state index contributed by atoms with van der Waals surface area (Å²) < 4.78 is 10.5. The van der Waals surface area contributed by atoms with Crippen molar-refractivity contribution in [1.82, 2.24) is 15.1 Å². The Morgan fingerprint density at radius 1 is 1.35 bits per heavy atom. The van der Waals surface area contributed by atoms with Crippen LogP contribution in [0, 0.1) is 13.8 Å². The number of aromatic nitrogens is 3.